The van der Waals surface area contributed by atoms with E-state index in [2.05, 4.69) is 0 Å². The van der Waals surface area contributed by atoms with Gasteiger partial charge in [0.1, 0.15) is 0 Å². The molecule has 2 aromatic rings. The van der Waals surface area contributed by atoms with Gasteiger partial charge in [0.2, 0.25) is 0 Å². The Morgan fingerprint density at radius 1 is 0.650 bits per heavy atom. The van der Waals surface area contributed by atoms with Crippen molar-refractivity contribution in [1.82, 2.24) is 0 Å². The van der Waals surface area contributed by atoms with Gasteiger partial charge in [0.25, 0.3) is 0 Å². The van der Waals surface area contributed by atoms with E-state index in [0.29, 0.717) is 11.1 Å². The van der Waals surface area contributed by atoms with Gasteiger partial charge in [-0.25, -0.2) is 8.78 Å². The molecule has 0 aliphatic rings. The molecule has 0 spiro atoms. The van der Waals surface area contributed by atoms with Crippen LogP contribution in [0.5, 0.6) is 0 Å². The van der Waals surface area contributed by atoms with Gasteiger partial charge in [0, 0.05) is 0 Å². The molecular formula is C16H16F2S2. The molecule has 0 aromatic heterocycles. The summed E-state index contributed by atoms with van der Waals surface area (Å²) in [5.74, 6) is 0. The van der Waals surface area contributed by atoms with Gasteiger partial charge in [-0.3, -0.25) is 0 Å². The Labute approximate surface area is 126 Å². The van der Waals surface area contributed by atoms with Crippen LogP contribution < -0.4 is 0 Å². The van der Waals surface area contributed by atoms with Gasteiger partial charge in [-0.05, 0) is 46.6 Å². The average Bonchev–Trinajstić information content (AvgIpc) is 2.47. The molecule has 0 saturated carbocycles. The summed E-state index contributed by atoms with van der Waals surface area (Å²) in [6, 6.07) is 17.7. The molecule has 2 atom stereocenters. The monoisotopic (exact) mass is 310 g/mol. The van der Waals surface area contributed by atoms with Gasteiger partial charge in [-0.1, -0.05) is 60.7 Å². The summed E-state index contributed by atoms with van der Waals surface area (Å²) in [6.07, 6.45) is 0. The zero-order valence-corrected chi connectivity index (χ0v) is 13.0. The molecule has 0 aliphatic carbocycles. The third-order valence-corrected chi connectivity index (χ3v) is 6.24. The highest BCUT2D eigenvalue weighted by Gasteiger charge is 2.34. The molecule has 0 nitrogen and oxygen atoms in total. The Kier molecular flexibility index (Phi) is 4.76. The van der Waals surface area contributed by atoms with Crippen molar-refractivity contribution >= 4 is 21.6 Å². The summed E-state index contributed by atoms with van der Waals surface area (Å²) in [7, 11) is 1.82. The van der Waals surface area contributed by atoms with Crippen LogP contribution in [0.25, 0.3) is 0 Å². The molecule has 2 aromatic carbocycles. The molecule has 106 valence electrons. The first-order chi connectivity index (χ1) is 9.42. The fraction of sp³-hybridized carbons (Fsp3) is 0.250. The predicted octanol–water partition coefficient (Wildman–Crippen LogP) is 6.05. The molecule has 0 amide bonds. The first-order valence-electron chi connectivity index (χ1n) is 6.27. The largest absolute Gasteiger partial charge is 0.226 e. The lowest BCUT2D eigenvalue weighted by Crippen LogP contribution is -2.13. The summed E-state index contributed by atoms with van der Waals surface area (Å²) >= 11 is 0. The minimum atomic E-state index is -1.63. The number of alkyl halides is 2. The highest BCUT2D eigenvalue weighted by Crippen LogP contribution is 2.53. The predicted molar refractivity (Wildman–Crippen MR) is 85.0 cm³/mol. The van der Waals surface area contributed by atoms with Crippen LogP contribution in [0.15, 0.2) is 60.7 Å². The van der Waals surface area contributed by atoms with Crippen molar-refractivity contribution < 1.29 is 8.78 Å². The Morgan fingerprint density at radius 2 is 0.950 bits per heavy atom. The van der Waals surface area contributed by atoms with Gasteiger partial charge >= 0.3 is 0 Å². The standard InChI is InChI=1S/C16H16F2S2/c1-15(17,13-9-5-3-6-10-13)19-20-16(2,18)14-11-7-4-8-12-14/h3-12H,1-2H3. The topological polar surface area (TPSA) is 0 Å². The maximum atomic E-state index is 14.6. The van der Waals surface area contributed by atoms with E-state index in [0.717, 1.165) is 21.6 Å². The second kappa shape index (κ2) is 6.19. The third kappa shape index (κ3) is 3.76. The van der Waals surface area contributed by atoms with E-state index in [1.807, 2.05) is 12.1 Å². The number of hydrogen-bond donors (Lipinski definition) is 0. The lowest BCUT2D eigenvalue weighted by molar-refractivity contribution is 0.321. The van der Waals surface area contributed by atoms with Crippen molar-refractivity contribution in [3.8, 4) is 0 Å². The van der Waals surface area contributed by atoms with Crippen molar-refractivity contribution in [2.24, 2.45) is 0 Å². The zero-order valence-electron chi connectivity index (χ0n) is 11.3. The van der Waals surface area contributed by atoms with Crippen LogP contribution in [0, 0.1) is 0 Å². The van der Waals surface area contributed by atoms with Gasteiger partial charge in [0.05, 0.1) is 0 Å². The van der Waals surface area contributed by atoms with Crippen molar-refractivity contribution in [1.29, 1.82) is 0 Å². The van der Waals surface area contributed by atoms with Gasteiger partial charge < -0.3 is 0 Å². The molecule has 0 aliphatic heterocycles. The highest BCUT2D eigenvalue weighted by atomic mass is 33.1. The van der Waals surface area contributed by atoms with Crippen LogP contribution in [0.1, 0.15) is 25.0 Å². The Bertz CT molecular complexity index is 487. The van der Waals surface area contributed by atoms with Gasteiger partial charge in [0.15, 0.2) is 10.0 Å². The van der Waals surface area contributed by atoms with E-state index >= 15 is 0 Å². The van der Waals surface area contributed by atoms with Crippen LogP contribution >= 0.6 is 21.6 Å². The molecule has 0 heterocycles. The molecule has 20 heavy (non-hydrogen) atoms. The van der Waals surface area contributed by atoms with E-state index in [1.54, 1.807) is 48.5 Å². The number of benzene rings is 2. The number of rotatable bonds is 5. The van der Waals surface area contributed by atoms with Crippen LogP contribution in [0.4, 0.5) is 8.78 Å². The maximum Gasteiger partial charge on any atom is 0.188 e. The first-order valence-corrected chi connectivity index (χ1v) is 8.42. The SMILES string of the molecule is CC(F)(SSC(C)(F)c1ccccc1)c1ccccc1. The molecular weight excluding hydrogens is 294 g/mol. The van der Waals surface area contributed by atoms with Crippen molar-refractivity contribution in [2.75, 3.05) is 0 Å². The molecule has 4 heteroatoms. The second-order valence-corrected chi connectivity index (χ2v) is 7.60. The molecule has 2 rings (SSSR count). The van der Waals surface area contributed by atoms with Gasteiger partial charge in [-0.2, -0.15) is 0 Å². The normalized spacial score (nSPS) is 17.2. The molecule has 0 bridgehead atoms. The highest BCUT2D eigenvalue weighted by molar-refractivity contribution is 8.77. The summed E-state index contributed by atoms with van der Waals surface area (Å²) in [5.41, 5.74) is 1.09. The molecule has 2 unspecified atom stereocenters. The zero-order chi connectivity index (χ0) is 14.6. The smallest absolute Gasteiger partial charge is 0.188 e. The molecule has 0 radical (unpaired) electrons. The van der Waals surface area contributed by atoms with E-state index in [-0.39, 0.29) is 0 Å². The van der Waals surface area contributed by atoms with E-state index < -0.39 is 10.0 Å². The number of hydrogen-bond acceptors (Lipinski definition) is 2. The Balaban J connectivity index is 2.08. The summed E-state index contributed by atoms with van der Waals surface area (Å²) in [4.78, 5) is 0. The summed E-state index contributed by atoms with van der Waals surface area (Å²) < 4.78 is 29.3. The van der Waals surface area contributed by atoms with E-state index in [9.17, 15) is 8.78 Å². The van der Waals surface area contributed by atoms with Gasteiger partial charge in [-0.15, -0.1) is 0 Å². The number of halogens is 2. The van der Waals surface area contributed by atoms with Crippen molar-refractivity contribution in [3.05, 3.63) is 71.8 Å². The van der Waals surface area contributed by atoms with E-state index in [4.69, 9.17) is 0 Å². The molecule has 0 N–H and O–H groups in total. The third-order valence-electron chi connectivity index (χ3n) is 2.93. The fourth-order valence-corrected chi connectivity index (χ4v) is 4.02. The second-order valence-electron chi connectivity index (χ2n) is 4.73. The van der Waals surface area contributed by atoms with Crippen LogP contribution in [-0.2, 0) is 10.0 Å². The Hall–Kier alpha value is -1.00. The lowest BCUT2D eigenvalue weighted by Gasteiger charge is -2.25. The molecule has 0 saturated heterocycles. The summed E-state index contributed by atoms with van der Waals surface area (Å²) in [5, 5.41) is -3.26. The summed E-state index contributed by atoms with van der Waals surface area (Å²) in [6.45, 7) is 2.92. The van der Waals surface area contributed by atoms with Crippen LogP contribution in [-0.4, -0.2) is 0 Å². The van der Waals surface area contributed by atoms with E-state index in [1.165, 1.54) is 13.8 Å². The van der Waals surface area contributed by atoms with Crippen LogP contribution in [0.3, 0.4) is 0 Å². The Morgan fingerprint density at radius 3 is 1.25 bits per heavy atom. The first kappa shape index (κ1) is 15.4. The average molecular weight is 310 g/mol. The minimum Gasteiger partial charge on any atom is -0.226 e. The minimum absolute atomic E-state index is 0.543. The fourth-order valence-electron chi connectivity index (χ4n) is 1.72. The quantitative estimate of drug-likeness (QED) is 0.616. The molecule has 0 fully saturated rings. The van der Waals surface area contributed by atoms with Crippen molar-refractivity contribution in [3.63, 3.8) is 0 Å². The van der Waals surface area contributed by atoms with Crippen LogP contribution in [0.2, 0.25) is 0 Å². The lowest BCUT2D eigenvalue weighted by atomic mass is 10.1. The van der Waals surface area contributed by atoms with Crippen molar-refractivity contribution in [2.45, 2.75) is 23.8 Å². The maximum absolute atomic E-state index is 14.6.